The van der Waals surface area contributed by atoms with Gasteiger partial charge in [-0.25, -0.2) is 4.79 Å². The third kappa shape index (κ3) is 3.45. The summed E-state index contributed by atoms with van der Waals surface area (Å²) in [6.45, 7) is 0. The molecule has 1 rings (SSSR count). The first-order valence-electron chi connectivity index (χ1n) is 4.36. The van der Waals surface area contributed by atoms with E-state index in [9.17, 15) is 14.9 Å². The van der Waals surface area contributed by atoms with E-state index < -0.39 is 17.0 Å². The van der Waals surface area contributed by atoms with Gasteiger partial charge in [0.1, 0.15) is 5.75 Å². The van der Waals surface area contributed by atoms with Gasteiger partial charge in [0.05, 0.1) is 11.1 Å². The van der Waals surface area contributed by atoms with Crippen LogP contribution in [0.1, 0.15) is 0 Å². The fourth-order valence-corrected chi connectivity index (χ4v) is 0.998. The zero-order chi connectivity index (χ0) is 12.8. The zero-order valence-electron chi connectivity index (χ0n) is 8.39. The molecule has 0 aliphatic heterocycles. The molecule has 1 unspecified atom stereocenters. The van der Waals surface area contributed by atoms with Crippen LogP contribution < -0.4 is 4.74 Å². The molecule has 0 aliphatic rings. The summed E-state index contributed by atoms with van der Waals surface area (Å²) in [5.74, 6) is -1.23. The maximum Gasteiger partial charge on any atom is 0.350 e. The molecule has 2 N–H and O–H groups in total. The second kappa shape index (κ2) is 5.45. The van der Waals surface area contributed by atoms with Gasteiger partial charge in [0.2, 0.25) is 6.10 Å². The summed E-state index contributed by atoms with van der Waals surface area (Å²) in [6, 6.07) is 4.84. The highest BCUT2D eigenvalue weighted by atomic mass is 16.6. The summed E-state index contributed by atoms with van der Waals surface area (Å²) < 4.78 is 4.92. The standard InChI is InChI=1S/C9H8N2O6/c12-9(13)8(5-10-14)17-7-3-1-6(2-4-7)11(15)16/h1-5,8,14H,(H,12,13). The van der Waals surface area contributed by atoms with Crippen molar-refractivity contribution < 1.29 is 24.8 Å². The number of non-ortho nitro benzene ring substituents is 1. The lowest BCUT2D eigenvalue weighted by Crippen LogP contribution is -2.28. The third-order valence-corrected chi connectivity index (χ3v) is 1.76. The number of hydrogen-bond donors (Lipinski definition) is 2. The topological polar surface area (TPSA) is 122 Å². The fraction of sp³-hybridized carbons (Fsp3) is 0.111. The minimum atomic E-state index is -1.46. The summed E-state index contributed by atoms with van der Waals surface area (Å²) in [5, 5.41) is 29.8. The number of carboxylic acid groups (broad SMARTS) is 1. The number of oxime groups is 1. The number of rotatable bonds is 5. The van der Waals surface area contributed by atoms with Gasteiger partial charge in [-0.05, 0) is 12.1 Å². The van der Waals surface area contributed by atoms with E-state index in [1.165, 1.54) is 24.3 Å². The maximum absolute atomic E-state index is 10.6. The number of carbonyl (C=O) groups is 1. The predicted molar refractivity (Wildman–Crippen MR) is 55.4 cm³/mol. The van der Waals surface area contributed by atoms with Crippen molar-refractivity contribution in [1.82, 2.24) is 0 Å². The van der Waals surface area contributed by atoms with Gasteiger partial charge in [0.15, 0.2) is 0 Å². The van der Waals surface area contributed by atoms with E-state index in [2.05, 4.69) is 5.16 Å². The first-order valence-corrected chi connectivity index (χ1v) is 4.36. The molecular formula is C9H8N2O6. The van der Waals surface area contributed by atoms with E-state index in [-0.39, 0.29) is 11.4 Å². The van der Waals surface area contributed by atoms with Crippen molar-refractivity contribution in [3.63, 3.8) is 0 Å². The van der Waals surface area contributed by atoms with E-state index in [4.69, 9.17) is 15.1 Å². The third-order valence-electron chi connectivity index (χ3n) is 1.76. The van der Waals surface area contributed by atoms with Crippen molar-refractivity contribution in [2.24, 2.45) is 5.16 Å². The van der Waals surface area contributed by atoms with Gasteiger partial charge < -0.3 is 15.1 Å². The lowest BCUT2D eigenvalue weighted by atomic mass is 10.3. The van der Waals surface area contributed by atoms with Crippen LogP contribution in [0.3, 0.4) is 0 Å². The van der Waals surface area contributed by atoms with Crippen molar-refractivity contribution in [2.75, 3.05) is 0 Å². The Morgan fingerprint density at radius 3 is 2.47 bits per heavy atom. The Balaban J connectivity index is 2.80. The lowest BCUT2D eigenvalue weighted by Gasteiger charge is -2.09. The molecule has 0 amide bonds. The molecule has 1 aromatic carbocycles. The largest absolute Gasteiger partial charge is 0.478 e. The van der Waals surface area contributed by atoms with Crippen molar-refractivity contribution in [1.29, 1.82) is 0 Å². The van der Waals surface area contributed by atoms with Crippen LogP contribution in [-0.2, 0) is 4.79 Å². The molecule has 8 heteroatoms. The van der Waals surface area contributed by atoms with Gasteiger partial charge in [0, 0.05) is 12.1 Å². The molecule has 0 saturated carbocycles. The minimum Gasteiger partial charge on any atom is -0.478 e. The molecule has 0 radical (unpaired) electrons. The van der Waals surface area contributed by atoms with Crippen LogP contribution >= 0.6 is 0 Å². The van der Waals surface area contributed by atoms with Crippen LogP contribution in [0, 0.1) is 10.1 Å². The zero-order valence-corrected chi connectivity index (χ0v) is 8.39. The van der Waals surface area contributed by atoms with Crippen LogP contribution in [0.25, 0.3) is 0 Å². The monoisotopic (exact) mass is 240 g/mol. The fourth-order valence-electron chi connectivity index (χ4n) is 0.998. The van der Waals surface area contributed by atoms with Crippen molar-refractivity contribution in [2.45, 2.75) is 6.10 Å². The predicted octanol–water partition coefficient (Wildman–Crippen LogP) is 0.887. The number of aliphatic carboxylic acids is 1. The van der Waals surface area contributed by atoms with Crippen LogP contribution in [0.2, 0.25) is 0 Å². The van der Waals surface area contributed by atoms with Gasteiger partial charge >= 0.3 is 5.97 Å². The van der Waals surface area contributed by atoms with Crippen molar-refractivity contribution >= 4 is 17.9 Å². The summed E-state index contributed by atoms with van der Waals surface area (Å²) in [4.78, 5) is 20.4. The number of nitro benzene ring substituents is 1. The molecule has 0 spiro atoms. The molecule has 0 fully saturated rings. The highest BCUT2D eigenvalue weighted by molar-refractivity contribution is 5.91. The average Bonchev–Trinajstić information content (AvgIpc) is 2.29. The van der Waals surface area contributed by atoms with Crippen LogP contribution in [-0.4, -0.2) is 33.5 Å². The quantitative estimate of drug-likeness (QED) is 0.341. The highest BCUT2D eigenvalue weighted by Crippen LogP contribution is 2.18. The smallest absolute Gasteiger partial charge is 0.350 e. The summed E-state index contributed by atoms with van der Waals surface area (Å²) in [5.41, 5.74) is -0.139. The Bertz CT molecular complexity index is 441. The normalized spacial score (nSPS) is 12.2. The van der Waals surface area contributed by atoms with Crippen molar-refractivity contribution in [3.8, 4) is 5.75 Å². The average molecular weight is 240 g/mol. The molecule has 1 atom stereocenters. The number of ether oxygens (including phenoxy) is 1. The Morgan fingerprint density at radius 1 is 1.47 bits per heavy atom. The SMILES string of the molecule is O=C(O)C(C=NO)Oc1ccc([N+](=O)[O-])cc1. The first-order chi connectivity index (χ1) is 8.04. The number of hydrogen-bond acceptors (Lipinski definition) is 6. The molecule has 90 valence electrons. The Hall–Kier alpha value is -2.64. The number of nitrogens with zero attached hydrogens (tertiary/aromatic N) is 2. The van der Waals surface area contributed by atoms with E-state index in [1.54, 1.807) is 0 Å². The van der Waals surface area contributed by atoms with E-state index in [0.29, 0.717) is 6.21 Å². The molecule has 0 heterocycles. The van der Waals surface area contributed by atoms with Gasteiger partial charge in [-0.1, -0.05) is 5.16 Å². The minimum absolute atomic E-state index is 0.114. The Kier molecular flexibility index (Phi) is 3.98. The van der Waals surface area contributed by atoms with Gasteiger partial charge in [-0.15, -0.1) is 0 Å². The molecule has 0 aliphatic carbocycles. The van der Waals surface area contributed by atoms with Gasteiger partial charge in [-0.3, -0.25) is 10.1 Å². The Labute approximate surface area is 94.9 Å². The van der Waals surface area contributed by atoms with Crippen molar-refractivity contribution in [3.05, 3.63) is 34.4 Å². The van der Waals surface area contributed by atoms with E-state index >= 15 is 0 Å². The van der Waals surface area contributed by atoms with E-state index in [1.807, 2.05) is 0 Å². The summed E-state index contributed by atoms with van der Waals surface area (Å²) in [6.07, 6.45) is -0.773. The Morgan fingerprint density at radius 2 is 2.06 bits per heavy atom. The van der Waals surface area contributed by atoms with E-state index in [0.717, 1.165) is 0 Å². The summed E-state index contributed by atoms with van der Waals surface area (Å²) >= 11 is 0. The number of carboxylic acids is 1. The molecule has 17 heavy (non-hydrogen) atoms. The molecule has 1 aromatic rings. The molecule has 0 bridgehead atoms. The van der Waals surface area contributed by atoms with Crippen LogP contribution in [0.4, 0.5) is 5.69 Å². The summed E-state index contributed by atoms with van der Waals surface area (Å²) in [7, 11) is 0. The number of benzene rings is 1. The maximum atomic E-state index is 10.6. The highest BCUT2D eigenvalue weighted by Gasteiger charge is 2.17. The number of nitro groups is 1. The molecular weight excluding hydrogens is 232 g/mol. The molecule has 0 saturated heterocycles. The van der Waals surface area contributed by atoms with Gasteiger partial charge in [-0.2, -0.15) is 0 Å². The second-order valence-corrected chi connectivity index (χ2v) is 2.89. The second-order valence-electron chi connectivity index (χ2n) is 2.89. The van der Waals surface area contributed by atoms with Gasteiger partial charge in [0.25, 0.3) is 5.69 Å². The van der Waals surface area contributed by atoms with Crippen LogP contribution in [0.15, 0.2) is 29.4 Å². The molecule has 0 aromatic heterocycles. The lowest BCUT2D eigenvalue weighted by molar-refractivity contribution is -0.384. The van der Waals surface area contributed by atoms with Crippen LogP contribution in [0.5, 0.6) is 5.75 Å². The molecule has 8 nitrogen and oxygen atoms in total. The first kappa shape index (κ1) is 12.4.